The molecule has 0 unspecified atom stereocenters. The van der Waals surface area contributed by atoms with Crippen molar-refractivity contribution in [1.29, 1.82) is 0 Å². The summed E-state index contributed by atoms with van der Waals surface area (Å²) in [5, 5.41) is 0. The van der Waals surface area contributed by atoms with E-state index in [0.717, 1.165) is 25.7 Å². The van der Waals surface area contributed by atoms with Gasteiger partial charge in [-0.05, 0) is 18.6 Å². The highest BCUT2D eigenvalue weighted by atomic mass is 32.2. The fourth-order valence-electron chi connectivity index (χ4n) is 1.62. The molecular formula is C14H20O4S. The van der Waals surface area contributed by atoms with Crippen LogP contribution in [0.3, 0.4) is 0 Å². The molecule has 0 aromatic heterocycles. The van der Waals surface area contributed by atoms with E-state index in [0.29, 0.717) is 6.61 Å². The van der Waals surface area contributed by atoms with Crippen LogP contribution in [0.15, 0.2) is 35.2 Å². The van der Waals surface area contributed by atoms with E-state index in [1.807, 2.05) is 0 Å². The summed E-state index contributed by atoms with van der Waals surface area (Å²) in [5.41, 5.74) is 0. The highest BCUT2D eigenvalue weighted by Crippen LogP contribution is 2.10. The molecule has 0 amide bonds. The number of ether oxygens (including phenoxy) is 1. The van der Waals surface area contributed by atoms with Gasteiger partial charge in [-0.25, -0.2) is 8.42 Å². The number of carbonyl (C=O) groups is 1. The quantitative estimate of drug-likeness (QED) is 0.544. The van der Waals surface area contributed by atoms with Crippen LogP contribution in [0.2, 0.25) is 0 Å². The molecule has 0 aliphatic rings. The molecule has 0 aliphatic carbocycles. The molecule has 0 saturated heterocycles. The van der Waals surface area contributed by atoms with E-state index in [2.05, 4.69) is 6.92 Å². The van der Waals surface area contributed by atoms with Gasteiger partial charge in [0, 0.05) is 0 Å². The molecule has 0 saturated carbocycles. The summed E-state index contributed by atoms with van der Waals surface area (Å²) in [5.74, 6) is -1.27. The molecule has 0 heterocycles. The van der Waals surface area contributed by atoms with Gasteiger partial charge in [-0.1, -0.05) is 44.4 Å². The number of esters is 1. The Labute approximate surface area is 114 Å². The van der Waals surface area contributed by atoms with Gasteiger partial charge < -0.3 is 4.74 Å². The zero-order valence-corrected chi connectivity index (χ0v) is 12.0. The van der Waals surface area contributed by atoms with Gasteiger partial charge in [-0.3, -0.25) is 4.79 Å². The lowest BCUT2D eigenvalue weighted by Gasteiger charge is -2.05. The summed E-state index contributed by atoms with van der Waals surface area (Å²) in [6.45, 7) is 2.39. The Bertz CT molecular complexity index is 479. The number of hydrogen-bond acceptors (Lipinski definition) is 4. The molecule has 0 fully saturated rings. The molecular weight excluding hydrogens is 264 g/mol. The van der Waals surface area contributed by atoms with E-state index in [9.17, 15) is 13.2 Å². The third-order valence-electron chi connectivity index (χ3n) is 2.67. The number of hydrogen-bond donors (Lipinski definition) is 0. The Kier molecular flexibility index (Phi) is 6.56. The molecule has 0 spiro atoms. The molecule has 1 aromatic rings. The maximum absolute atomic E-state index is 11.9. The average molecular weight is 284 g/mol. The van der Waals surface area contributed by atoms with E-state index < -0.39 is 21.6 Å². The third-order valence-corrected chi connectivity index (χ3v) is 4.28. The first kappa shape index (κ1) is 15.7. The lowest BCUT2D eigenvalue weighted by atomic mass is 10.2. The smallest absolute Gasteiger partial charge is 0.321 e. The second-order valence-corrected chi connectivity index (χ2v) is 6.34. The molecule has 106 valence electrons. The number of benzene rings is 1. The largest absolute Gasteiger partial charge is 0.465 e. The standard InChI is InChI=1S/C14H20O4S/c1-2-3-4-8-11-18-14(15)12-19(16,17)13-9-6-5-7-10-13/h5-7,9-10H,2-4,8,11-12H2,1H3. The molecule has 0 N–H and O–H groups in total. The molecule has 19 heavy (non-hydrogen) atoms. The Hall–Kier alpha value is -1.36. The lowest BCUT2D eigenvalue weighted by Crippen LogP contribution is -2.19. The van der Waals surface area contributed by atoms with Crippen molar-refractivity contribution >= 4 is 15.8 Å². The fraction of sp³-hybridized carbons (Fsp3) is 0.500. The van der Waals surface area contributed by atoms with Crippen LogP contribution in [-0.2, 0) is 19.4 Å². The van der Waals surface area contributed by atoms with Crippen molar-refractivity contribution in [2.75, 3.05) is 12.4 Å². The van der Waals surface area contributed by atoms with Crippen LogP contribution in [-0.4, -0.2) is 26.7 Å². The van der Waals surface area contributed by atoms with Gasteiger partial charge in [0.05, 0.1) is 11.5 Å². The lowest BCUT2D eigenvalue weighted by molar-refractivity contribution is -0.140. The Morgan fingerprint density at radius 1 is 1.11 bits per heavy atom. The van der Waals surface area contributed by atoms with E-state index in [1.54, 1.807) is 18.2 Å². The number of unbranched alkanes of at least 4 members (excludes halogenated alkanes) is 3. The van der Waals surface area contributed by atoms with E-state index in [-0.39, 0.29) is 4.90 Å². The van der Waals surface area contributed by atoms with Crippen LogP contribution < -0.4 is 0 Å². The minimum absolute atomic E-state index is 0.151. The van der Waals surface area contributed by atoms with Crippen LogP contribution in [0.4, 0.5) is 0 Å². The SMILES string of the molecule is CCCCCCOC(=O)CS(=O)(=O)c1ccccc1. The van der Waals surface area contributed by atoms with Crippen molar-refractivity contribution in [3.8, 4) is 0 Å². The van der Waals surface area contributed by atoms with Gasteiger partial charge in [0.2, 0.25) is 0 Å². The third kappa shape index (κ3) is 5.87. The van der Waals surface area contributed by atoms with Crippen molar-refractivity contribution in [2.45, 2.75) is 37.5 Å². The van der Waals surface area contributed by atoms with E-state index in [1.165, 1.54) is 12.1 Å². The van der Waals surface area contributed by atoms with Crippen molar-refractivity contribution in [3.63, 3.8) is 0 Å². The summed E-state index contributed by atoms with van der Waals surface area (Å²) in [6, 6.07) is 7.94. The van der Waals surface area contributed by atoms with Crippen LogP contribution in [0, 0.1) is 0 Å². The monoisotopic (exact) mass is 284 g/mol. The molecule has 0 atom stereocenters. The average Bonchev–Trinajstić information content (AvgIpc) is 2.39. The van der Waals surface area contributed by atoms with Crippen molar-refractivity contribution in [2.24, 2.45) is 0 Å². The minimum atomic E-state index is -3.58. The number of carbonyl (C=O) groups excluding carboxylic acids is 1. The van der Waals surface area contributed by atoms with E-state index >= 15 is 0 Å². The van der Waals surface area contributed by atoms with Gasteiger partial charge in [0.25, 0.3) is 0 Å². The van der Waals surface area contributed by atoms with Gasteiger partial charge in [-0.2, -0.15) is 0 Å². The maximum atomic E-state index is 11.9. The van der Waals surface area contributed by atoms with Gasteiger partial charge in [-0.15, -0.1) is 0 Å². The van der Waals surface area contributed by atoms with Gasteiger partial charge in [0.15, 0.2) is 15.6 Å². The molecule has 5 heteroatoms. The topological polar surface area (TPSA) is 60.4 Å². The second-order valence-electron chi connectivity index (χ2n) is 4.35. The Balaban J connectivity index is 2.40. The zero-order chi connectivity index (χ0) is 14.1. The molecule has 1 aromatic carbocycles. The van der Waals surface area contributed by atoms with E-state index in [4.69, 9.17) is 4.74 Å². The molecule has 0 radical (unpaired) electrons. The van der Waals surface area contributed by atoms with Gasteiger partial charge >= 0.3 is 5.97 Å². The van der Waals surface area contributed by atoms with Crippen molar-refractivity contribution in [1.82, 2.24) is 0 Å². The Morgan fingerprint density at radius 2 is 1.79 bits per heavy atom. The predicted octanol–water partition coefficient (Wildman–Crippen LogP) is 2.58. The Morgan fingerprint density at radius 3 is 2.42 bits per heavy atom. The van der Waals surface area contributed by atoms with Crippen molar-refractivity contribution < 1.29 is 17.9 Å². The molecule has 4 nitrogen and oxygen atoms in total. The number of sulfone groups is 1. The molecule has 0 bridgehead atoms. The van der Waals surface area contributed by atoms with Crippen LogP contribution >= 0.6 is 0 Å². The molecule has 1 rings (SSSR count). The minimum Gasteiger partial charge on any atom is -0.465 e. The maximum Gasteiger partial charge on any atom is 0.321 e. The van der Waals surface area contributed by atoms with Crippen LogP contribution in [0.5, 0.6) is 0 Å². The molecule has 0 aliphatic heterocycles. The summed E-state index contributed by atoms with van der Waals surface area (Å²) < 4.78 is 28.7. The highest BCUT2D eigenvalue weighted by molar-refractivity contribution is 7.92. The first-order valence-electron chi connectivity index (χ1n) is 6.49. The predicted molar refractivity (Wildman–Crippen MR) is 73.6 cm³/mol. The highest BCUT2D eigenvalue weighted by Gasteiger charge is 2.19. The summed E-state index contributed by atoms with van der Waals surface area (Å²) in [7, 11) is -3.58. The van der Waals surface area contributed by atoms with Crippen LogP contribution in [0.25, 0.3) is 0 Å². The summed E-state index contributed by atoms with van der Waals surface area (Å²) in [4.78, 5) is 11.6. The van der Waals surface area contributed by atoms with Gasteiger partial charge in [0.1, 0.15) is 0 Å². The zero-order valence-electron chi connectivity index (χ0n) is 11.2. The first-order valence-corrected chi connectivity index (χ1v) is 8.15. The fourth-order valence-corrected chi connectivity index (χ4v) is 2.75. The second kappa shape index (κ2) is 7.94. The summed E-state index contributed by atoms with van der Waals surface area (Å²) in [6.07, 6.45) is 3.98. The number of rotatable bonds is 8. The first-order chi connectivity index (χ1) is 9.06. The normalized spacial score (nSPS) is 11.2. The van der Waals surface area contributed by atoms with Crippen LogP contribution in [0.1, 0.15) is 32.6 Å². The summed E-state index contributed by atoms with van der Waals surface area (Å²) >= 11 is 0. The van der Waals surface area contributed by atoms with Crippen molar-refractivity contribution in [3.05, 3.63) is 30.3 Å².